The zero-order chi connectivity index (χ0) is 32.4. The van der Waals surface area contributed by atoms with E-state index in [-0.39, 0.29) is 11.3 Å². The Hall–Kier alpha value is -4.58. The van der Waals surface area contributed by atoms with Crippen molar-refractivity contribution >= 4 is 57.0 Å². The van der Waals surface area contributed by atoms with Crippen LogP contribution in [0.15, 0.2) is 97.2 Å². The minimum Gasteiger partial charge on any atom is -0.478 e. The Kier molecular flexibility index (Phi) is 9.06. The third-order valence-corrected chi connectivity index (χ3v) is 8.29. The molecule has 230 valence electrons. The van der Waals surface area contributed by atoms with Crippen LogP contribution in [0.3, 0.4) is 0 Å². The Morgan fingerprint density at radius 2 is 1.62 bits per heavy atom. The van der Waals surface area contributed by atoms with Gasteiger partial charge in [-0.15, -0.1) is 0 Å². The molecule has 13 heteroatoms. The minimum atomic E-state index is -4.86. The zero-order valence-corrected chi connectivity index (χ0v) is 25.3. The highest BCUT2D eigenvalue weighted by Gasteiger charge is 2.35. The van der Waals surface area contributed by atoms with Gasteiger partial charge in [0.25, 0.3) is 0 Å². The van der Waals surface area contributed by atoms with E-state index in [2.05, 4.69) is 0 Å². The first kappa shape index (κ1) is 31.8. The Morgan fingerprint density at radius 1 is 0.911 bits per heavy atom. The lowest BCUT2D eigenvalue weighted by atomic mass is 10.0. The topological polar surface area (TPSA) is 101 Å². The van der Waals surface area contributed by atoms with Gasteiger partial charge in [-0.05, 0) is 77.4 Å². The molecule has 0 spiro atoms. The number of hydrogen-bond donors (Lipinski definition) is 2. The first-order valence-electron chi connectivity index (χ1n) is 13.1. The molecule has 5 aromatic rings. The van der Waals surface area contributed by atoms with E-state index in [0.29, 0.717) is 43.9 Å². The van der Waals surface area contributed by atoms with E-state index in [9.17, 15) is 31.5 Å². The maximum atomic E-state index is 12.6. The summed E-state index contributed by atoms with van der Waals surface area (Å²) in [5.74, 6) is -2.49. The number of carboxylic acid groups (broad SMARTS) is 1. The number of imidazole rings is 1. The van der Waals surface area contributed by atoms with Crippen molar-refractivity contribution in [2.24, 2.45) is 0 Å². The summed E-state index contributed by atoms with van der Waals surface area (Å²) in [4.78, 5) is 16.1. The molecule has 0 saturated carbocycles. The summed E-state index contributed by atoms with van der Waals surface area (Å²) in [5, 5.41) is 10.2. The molecule has 0 unspecified atom stereocenters. The molecule has 0 amide bonds. The summed E-state index contributed by atoms with van der Waals surface area (Å²) < 4.78 is 65.3. The molecule has 2 N–H and O–H groups in total. The Bertz CT molecular complexity index is 2010. The van der Waals surface area contributed by atoms with Crippen molar-refractivity contribution in [1.29, 1.82) is 0 Å². The Balaban J connectivity index is 1.42. The third kappa shape index (κ3) is 8.13. The predicted octanol–water partition coefficient (Wildman–Crippen LogP) is 8.69. The van der Waals surface area contributed by atoms with Crippen molar-refractivity contribution in [3.63, 3.8) is 0 Å². The monoisotopic (exact) mass is 671 g/mol. The van der Waals surface area contributed by atoms with E-state index in [1.54, 1.807) is 71.4 Å². The molecular formula is C32H22Cl2F3N3O4S. The van der Waals surface area contributed by atoms with Crippen molar-refractivity contribution in [1.82, 2.24) is 9.55 Å². The maximum absolute atomic E-state index is 12.6. The van der Waals surface area contributed by atoms with Gasteiger partial charge in [-0.25, -0.2) is 18.2 Å². The van der Waals surface area contributed by atoms with Crippen molar-refractivity contribution in [3.8, 4) is 28.1 Å². The molecule has 0 aliphatic heterocycles. The van der Waals surface area contributed by atoms with E-state index in [0.717, 1.165) is 5.56 Å². The van der Waals surface area contributed by atoms with E-state index in [1.807, 2.05) is 22.9 Å². The van der Waals surface area contributed by atoms with Gasteiger partial charge in [0.15, 0.2) is 5.75 Å². The standard InChI is InChI=1S/C32H22Cl2F3N3O4S/c33-24-11-14-27(28(34)17-24)29-18-40(26-12-9-22(10-13-26)31(41)42)30(38-29)15-6-20-4-7-21(8-5-20)23-2-1-3-25(16-23)39-45(43,44)19-32(35,36)37/h1-18,39H,19H2,(H,41,42)/b15-6+. The summed E-state index contributed by atoms with van der Waals surface area (Å²) in [7, 11) is -4.61. The molecule has 0 fully saturated rings. The highest BCUT2D eigenvalue weighted by atomic mass is 35.5. The Morgan fingerprint density at radius 3 is 2.27 bits per heavy atom. The second-order valence-corrected chi connectivity index (χ2v) is 12.4. The largest absolute Gasteiger partial charge is 0.478 e. The van der Waals surface area contributed by atoms with E-state index < -0.39 is 27.9 Å². The number of nitrogens with one attached hydrogen (secondary N) is 1. The van der Waals surface area contributed by atoms with Crippen LogP contribution >= 0.6 is 23.2 Å². The molecule has 1 aromatic heterocycles. The lowest BCUT2D eigenvalue weighted by molar-refractivity contribution is -0.106. The molecule has 0 bridgehead atoms. The second kappa shape index (κ2) is 12.8. The molecule has 0 aliphatic rings. The number of rotatable bonds is 9. The van der Waals surface area contributed by atoms with Gasteiger partial charge < -0.3 is 5.11 Å². The van der Waals surface area contributed by atoms with Crippen LogP contribution in [0.25, 0.3) is 40.2 Å². The van der Waals surface area contributed by atoms with E-state index in [1.165, 1.54) is 24.3 Å². The molecule has 5 rings (SSSR count). The number of aromatic carboxylic acids is 1. The van der Waals surface area contributed by atoms with Gasteiger partial charge in [0, 0.05) is 28.2 Å². The first-order chi connectivity index (χ1) is 21.3. The van der Waals surface area contributed by atoms with Crippen LogP contribution in [-0.4, -0.2) is 41.0 Å². The van der Waals surface area contributed by atoms with Crippen LogP contribution in [0.5, 0.6) is 0 Å². The summed E-state index contributed by atoms with van der Waals surface area (Å²) in [6, 6.07) is 24.7. The average Bonchev–Trinajstić information content (AvgIpc) is 3.39. The molecule has 4 aromatic carbocycles. The van der Waals surface area contributed by atoms with Crippen molar-refractivity contribution in [2.45, 2.75) is 6.18 Å². The fraction of sp³-hybridized carbons (Fsp3) is 0.0625. The maximum Gasteiger partial charge on any atom is 0.404 e. The number of halogens is 5. The number of carboxylic acids is 1. The van der Waals surface area contributed by atoms with Gasteiger partial charge in [-0.3, -0.25) is 9.29 Å². The number of hydrogen-bond acceptors (Lipinski definition) is 4. The lowest BCUT2D eigenvalue weighted by Gasteiger charge is -2.11. The predicted molar refractivity (Wildman–Crippen MR) is 170 cm³/mol. The first-order valence-corrected chi connectivity index (χ1v) is 15.5. The number of alkyl halides is 3. The second-order valence-electron chi connectivity index (χ2n) is 9.84. The van der Waals surface area contributed by atoms with Gasteiger partial charge in [0.1, 0.15) is 5.82 Å². The molecule has 7 nitrogen and oxygen atoms in total. The smallest absolute Gasteiger partial charge is 0.404 e. The molecule has 45 heavy (non-hydrogen) atoms. The van der Waals surface area contributed by atoms with Crippen LogP contribution in [0, 0.1) is 0 Å². The molecule has 0 atom stereocenters. The van der Waals surface area contributed by atoms with Crippen LogP contribution in [0.1, 0.15) is 21.7 Å². The van der Waals surface area contributed by atoms with Crippen molar-refractivity contribution in [2.75, 3.05) is 10.5 Å². The van der Waals surface area contributed by atoms with Gasteiger partial charge >= 0.3 is 12.1 Å². The number of nitrogens with zero attached hydrogens (tertiary/aromatic N) is 2. The number of anilines is 1. The van der Waals surface area contributed by atoms with Crippen LogP contribution in [-0.2, 0) is 10.0 Å². The summed E-state index contributed by atoms with van der Waals surface area (Å²) in [6.07, 6.45) is 0.523. The molecule has 0 radical (unpaired) electrons. The summed E-state index contributed by atoms with van der Waals surface area (Å²) >= 11 is 12.5. The molecule has 1 heterocycles. The SMILES string of the molecule is O=C(O)c1ccc(-n2cc(-c3ccc(Cl)cc3Cl)nc2/C=C/c2ccc(-c3cccc(NS(=O)(=O)CC(F)(F)F)c3)cc2)cc1. The number of carbonyl (C=O) groups is 1. The zero-order valence-electron chi connectivity index (χ0n) is 23.0. The average molecular weight is 673 g/mol. The fourth-order valence-electron chi connectivity index (χ4n) is 4.46. The van der Waals surface area contributed by atoms with E-state index >= 15 is 0 Å². The Labute approximate surface area is 266 Å². The van der Waals surface area contributed by atoms with Crippen LogP contribution in [0.4, 0.5) is 18.9 Å². The quantitative estimate of drug-likeness (QED) is 0.163. The normalized spacial score (nSPS) is 12.0. The number of aromatic nitrogens is 2. The fourth-order valence-corrected chi connectivity index (χ4v) is 5.96. The van der Waals surface area contributed by atoms with Crippen molar-refractivity contribution < 1.29 is 31.5 Å². The highest BCUT2D eigenvalue weighted by Crippen LogP contribution is 2.31. The van der Waals surface area contributed by atoms with Crippen LogP contribution < -0.4 is 4.72 Å². The van der Waals surface area contributed by atoms with Crippen LogP contribution in [0.2, 0.25) is 10.0 Å². The van der Waals surface area contributed by atoms with E-state index in [4.69, 9.17) is 28.2 Å². The number of sulfonamides is 1. The molecule has 0 aliphatic carbocycles. The molecular weight excluding hydrogens is 650 g/mol. The van der Waals surface area contributed by atoms with Gasteiger partial charge in [0.2, 0.25) is 10.0 Å². The van der Waals surface area contributed by atoms with Gasteiger partial charge in [0.05, 0.1) is 16.3 Å². The minimum absolute atomic E-state index is 0.0144. The molecule has 0 saturated heterocycles. The summed E-state index contributed by atoms with van der Waals surface area (Å²) in [5.41, 5.74) is 4.16. The number of benzene rings is 4. The lowest BCUT2D eigenvalue weighted by Crippen LogP contribution is -2.27. The summed E-state index contributed by atoms with van der Waals surface area (Å²) in [6.45, 7) is 0. The van der Waals surface area contributed by atoms with Gasteiger partial charge in [-0.2, -0.15) is 13.2 Å². The van der Waals surface area contributed by atoms with Crippen molar-refractivity contribution in [3.05, 3.63) is 124 Å². The third-order valence-electron chi connectivity index (χ3n) is 6.49. The highest BCUT2D eigenvalue weighted by molar-refractivity contribution is 7.92. The van der Waals surface area contributed by atoms with Gasteiger partial charge in [-0.1, -0.05) is 65.7 Å².